The average molecular weight is 494 g/mol. The van der Waals surface area contributed by atoms with E-state index in [-0.39, 0.29) is 11.7 Å². The SMILES string of the molecule is CCc1ccccc1N=C1S/C(=C/c2cc(I)c(O)c(OC)c2)C(=O)N1C. The van der Waals surface area contributed by atoms with Gasteiger partial charge in [-0.3, -0.25) is 9.69 Å². The number of rotatable bonds is 4. The molecule has 1 aliphatic heterocycles. The number of carbonyl (C=O) groups excluding carboxylic acids is 1. The number of hydrogen-bond donors (Lipinski definition) is 1. The molecule has 0 atom stereocenters. The summed E-state index contributed by atoms with van der Waals surface area (Å²) < 4.78 is 5.86. The molecule has 5 nitrogen and oxygen atoms in total. The molecular formula is C20H19IN2O3S. The van der Waals surface area contributed by atoms with Gasteiger partial charge in [0.05, 0.1) is 21.3 Å². The molecule has 1 heterocycles. The predicted octanol–water partition coefficient (Wildman–Crippen LogP) is 4.80. The van der Waals surface area contributed by atoms with Gasteiger partial charge in [0.1, 0.15) is 0 Å². The number of methoxy groups -OCH3 is 1. The first-order valence-electron chi connectivity index (χ1n) is 8.35. The highest BCUT2D eigenvalue weighted by Crippen LogP contribution is 2.37. The van der Waals surface area contributed by atoms with E-state index in [0.29, 0.717) is 19.4 Å². The third kappa shape index (κ3) is 4.14. The second-order valence-corrected chi connectivity index (χ2v) is 8.08. The van der Waals surface area contributed by atoms with Gasteiger partial charge >= 0.3 is 0 Å². The third-order valence-corrected chi connectivity index (χ3v) is 6.04. The van der Waals surface area contributed by atoms with E-state index in [0.717, 1.165) is 23.2 Å². The molecule has 1 N–H and O–H groups in total. The normalized spacial score (nSPS) is 17.2. The number of ether oxygens (including phenoxy) is 1. The number of likely N-dealkylation sites (N-methyl/N-ethyl adjacent to an activating group) is 1. The highest BCUT2D eigenvalue weighted by atomic mass is 127. The van der Waals surface area contributed by atoms with Gasteiger partial charge in [-0.2, -0.15) is 0 Å². The summed E-state index contributed by atoms with van der Waals surface area (Å²) >= 11 is 3.38. The van der Waals surface area contributed by atoms with E-state index in [1.165, 1.54) is 18.9 Å². The van der Waals surface area contributed by atoms with Crippen LogP contribution >= 0.6 is 34.4 Å². The maximum absolute atomic E-state index is 12.6. The number of phenolic OH excluding ortho intramolecular Hbond substituents is 1. The second-order valence-electron chi connectivity index (χ2n) is 5.91. The van der Waals surface area contributed by atoms with E-state index < -0.39 is 0 Å². The lowest BCUT2D eigenvalue weighted by atomic mass is 10.1. The molecule has 1 aliphatic rings. The summed E-state index contributed by atoms with van der Waals surface area (Å²) in [6.07, 6.45) is 2.67. The lowest BCUT2D eigenvalue weighted by Crippen LogP contribution is -2.23. The Hall–Kier alpha value is -2.00. The van der Waals surface area contributed by atoms with Crippen molar-refractivity contribution < 1.29 is 14.6 Å². The van der Waals surface area contributed by atoms with Gasteiger partial charge in [0.25, 0.3) is 5.91 Å². The fourth-order valence-electron chi connectivity index (χ4n) is 2.66. The van der Waals surface area contributed by atoms with Crippen molar-refractivity contribution in [2.75, 3.05) is 14.2 Å². The summed E-state index contributed by atoms with van der Waals surface area (Å²) in [4.78, 5) is 19.5. The van der Waals surface area contributed by atoms with Crippen molar-refractivity contribution in [3.8, 4) is 11.5 Å². The number of phenols is 1. The second kappa shape index (κ2) is 8.35. The van der Waals surface area contributed by atoms with Crippen LogP contribution in [0, 0.1) is 3.57 Å². The molecule has 2 aromatic rings. The van der Waals surface area contributed by atoms with E-state index in [2.05, 4.69) is 6.92 Å². The van der Waals surface area contributed by atoms with Crippen LogP contribution in [0.3, 0.4) is 0 Å². The lowest BCUT2D eigenvalue weighted by Gasteiger charge is -2.09. The summed E-state index contributed by atoms with van der Waals surface area (Å²) in [5, 5.41) is 10.6. The number of thioether (sulfide) groups is 1. The Labute approximate surface area is 176 Å². The number of para-hydroxylation sites is 1. The standard InChI is InChI=1S/C20H19IN2O3S/c1-4-13-7-5-6-8-15(13)22-20-23(2)19(25)17(27-20)11-12-9-14(21)18(24)16(10-12)26-3/h5-11,24H,4H2,1-3H3/b17-11+,22-20?. The molecule has 0 aromatic heterocycles. The van der Waals surface area contributed by atoms with Crippen LogP contribution < -0.4 is 4.74 Å². The largest absolute Gasteiger partial charge is 0.504 e. The first-order chi connectivity index (χ1) is 12.9. The predicted molar refractivity (Wildman–Crippen MR) is 119 cm³/mol. The molecular weight excluding hydrogens is 475 g/mol. The van der Waals surface area contributed by atoms with Crippen molar-refractivity contribution in [1.82, 2.24) is 4.90 Å². The van der Waals surface area contributed by atoms with Gasteiger partial charge in [-0.05, 0) is 76.2 Å². The lowest BCUT2D eigenvalue weighted by molar-refractivity contribution is -0.121. The molecule has 0 aliphatic carbocycles. The Kier molecular flexibility index (Phi) is 6.11. The number of halogens is 1. The Balaban J connectivity index is 1.96. The maximum atomic E-state index is 12.6. The van der Waals surface area contributed by atoms with Crippen molar-refractivity contribution >= 4 is 57.2 Å². The summed E-state index contributed by atoms with van der Waals surface area (Å²) in [7, 11) is 3.23. The Morgan fingerprint density at radius 3 is 2.78 bits per heavy atom. The number of aryl methyl sites for hydroxylation is 1. The fourth-order valence-corrected chi connectivity index (χ4v) is 4.26. The first kappa shape index (κ1) is 19.8. The zero-order chi connectivity index (χ0) is 19.6. The van der Waals surface area contributed by atoms with Gasteiger partial charge in [0, 0.05) is 7.05 Å². The van der Waals surface area contributed by atoms with Gasteiger partial charge in [-0.15, -0.1) is 0 Å². The number of aromatic hydroxyl groups is 1. The summed E-state index contributed by atoms with van der Waals surface area (Å²) in [5.41, 5.74) is 2.81. The molecule has 1 fully saturated rings. The van der Waals surface area contributed by atoms with Gasteiger partial charge in [-0.25, -0.2) is 4.99 Å². The zero-order valence-electron chi connectivity index (χ0n) is 15.2. The molecule has 0 saturated carbocycles. The van der Waals surface area contributed by atoms with E-state index >= 15 is 0 Å². The molecule has 1 amide bonds. The van der Waals surface area contributed by atoms with Crippen LogP contribution in [0.2, 0.25) is 0 Å². The highest BCUT2D eigenvalue weighted by molar-refractivity contribution is 14.1. The van der Waals surface area contributed by atoms with Crippen molar-refractivity contribution in [1.29, 1.82) is 0 Å². The number of amides is 1. The quantitative estimate of drug-likeness (QED) is 0.490. The summed E-state index contributed by atoms with van der Waals surface area (Å²) in [5.74, 6) is 0.374. The van der Waals surface area contributed by atoms with Crippen LogP contribution in [-0.2, 0) is 11.2 Å². The topological polar surface area (TPSA) is 62.1 Å². The number of carbonyl (C=O) groups is 1. The van der Waals surface area contributed by atoms with Crippen LogP contribution in [0.4, 0.5) is 5.69 Å². The molecule has 0 radical (unpaired) electrons. The van der Waals surface area contributed by atoms with Gasteiger partial charge in [-0.1, -0.05) is 25.1 Å². The van der Waals surface area contributed by atoms with E-state index in [9.17, 15) is 9.90 Å². The molecule has 0 spiro atoms. The van der Waals surface area contributed by atoms with E-state index in [1.807, 2.05) is 46.9 Å². The molecule has 0 bridgehead atoms. The number of nitrogens with zero attached hydrogens (tertiary/aromatic N) is 2. The molecule has 7 heteroatoms. The van der Waals surface area contributed by atoms with E-state index in [4.69, 9.17) is 9.73 Å². The summed E-state index contributed by atoms with van der Waals surface area (Å²) in [6, 6.07) is 11.5. The van der Waals surface area contributed by atoms with Gasteiger partial charge in [0.2, 0.25) is 0 Å². The molecule has 0 unspecified atom stereocenters. The van der Waals surface area contributed by atoms with Gasteiger partial charge < -0.3 is 9.84 Å². The van der Waals surface area contributed by atoms with Crippen LogP contribution in [0.1, 0.15) is 18.1 Å². The van der Waals surface area contributed by atoms with Crippen LogP contribution in [0.25, 0.3) is 6.08 Å². The number of aliphatic imine (C=N–C) groups is 1. The molecule has 140 valence electrons. The fraction of sp³-hybridized carbons (Fsp3) is 0.200. The molecule has 3 rings (SSSR count). The number of amidine groups is 1. The first-order valence-corrected chi connectivity index (χ1v) is 10.2. The number of hydrogen-bond acceptors (Lipinski definition) is 5. The zero-order valence-corrected chi connectivity index (χ0v) is 18.2. The van der Waals surface area contributed by atoms with Crippen molar-refractivity contribution in [2.24, 2.45) is 4.99 Å². The Bertz CT molecular complexity index is 956. The van der Waals surface area contributed by atoms with Crippen LogP contribution in [0.5, 0.6) is 11.5 Å². The smallest absolute Gasteiger partial charge is 0.266 e. The number of benzene rings is 2. The third-order valence-electron chi connectivity index (χ3n) is 4.16. The summed E-state index contributed by atoms with van der Waals surface area (Å²) in [6.45, 7) is 2.08. The molecule has 27 heavy (non-hydrogen) atoms. The minimum atomic E-state index is -0.102. The van der Waals surface area contributed by atoms with Gasteiger partial charge in [0.15, 0.2) is 16.7 Å². The Morgan fingerprint density at radius 2 is 2.07 bits per heavy atom. The molecule has 1 saturated heterocycles. The highest BCUT2D eigenvalue weighted by Gasteiger charge is 2.30. The minimum absolute atomic E-state index is 0.0983. The molecule has 2 aromatic carbocycles. The van der Waals surface area contributed by atoms with E-state index in [1.54, 1.807) is 30.2 Å². The van der Waals surface area contributed by atoms with Crippen molar-refractivity contribution in [3.63, 3.8) is 0 Å². The average Bonchev–Trinajstić information content (AvgIpc) is 2.92. The monoisotopic (exact) mass is 494 g/mol. The maximum Gasteiger partial charge on any atom is 0.266 e. The minimum Gasteiger partial charge on any atom is -0.504 e. The van der Waals surface area contributed by atoms with Crippen LogP contribution in [0.15, 0.2) is 46.3 Å². The van der Waals surface area contributed by atoms with Crippen molar-refractivity contribution in [2.45, 2.75) is 13.3 Å². The Morgan fingerprint density at radius 1 is 1.33 bits per heavy atom. The van der Waals surface area contributed by atoms with Crippen LogP contribution in [-0.4, -0.2) is 35.2 Å². The van der Waals surface area contributed by atoms with Crippen molar-refractivity contribution in [3.05, 3.63) is 56.0 Å².